The number of likely N-dealkylation sites (N-methyl/N-ethyl adjacent to an activating group) is 1. The summed E-state index contributed by atoms with van der Waals surface area (Å²) in [6.45, 7) is 5.71. The number of hydrogen-bond acceptors (Lipinski definition) is 3. The van der Waals surface area contributed by atoms with Crippen LogP contribution >= 0.6 is 0 Å². The van der Waals surface area contributed by atoms with Gasteiger partial charge in [0.05, 0.1) is 0 Å². The van der Waals surface area contributed by atoms with E-state index in [9.17, 15) is 9.90 Å². The van der Waals surface area contributed by atoms with Gasteiger partial charge in [-0.3, -0.25) is 10.1 Å². The number of carboxylic acids is 1. The van der Waals surface area contributed by atoms with Gasteiger partial charge < -0.3 is 10.0 Å². The highest BCUT2D eigenvalue weighted by molar-refractivity contribution is 5.75. The van der Waals surface area contributed by atoms with Crippen molar-refractivity contribution in [2.75, 3.05) is 20.1 Å². The zero-order chi connectivity index (χ0) is 13.5. The molecule has 4 heteroatoms. The lowest BCUT2D eigenvalue weighted by atomic mass is 10.1. The summed E-state index contributed by atoms with van der Waals surface area (Å²) in [5, 5.41) is 12.3. The van der Waals surface area contributed by atoms with Crippen molar-refractivity contribution in [3.63, 3.8) is 0 Å². The summed E-state index contributed by atoms with van der Waals surface area (Å²) in [4.78, 5) is 13.4. The molecule has 0 radical (unpaired) electrons. The van der Waals surface area contributed by atoms with Crippen molar-refractivity contribution in [3.8, 4) is 0 Å². The molecule has 1 aromatic carbocycles. The van der Waals surface area contributed by atoms with E-state index >= 15 is 0 Å². The fourth-order valence-corrected chi connectivity index (χ4v) is 1.64. The molecule has 0 heterocycles. The molecule has 0 aliphatic heterocycles. The van der Waals surface area contributed by atoms with Crippen molar-refractivity contribution in [2.24, 2.45) is 0 Å². The second kappa shape index (κ2) is 7.13. The van der Waals surface area contributed by atoms with Crippen LogP contribution < -0.4 is 5.32 Å². The van der Waals surface area contributed by atoms with Gasteiger partial charge >= 0.3 is 5.97 Å². The Morgan fingerprint density at radius 1 is 1.33 bits per heavy atom. The highest BCUT2D eigenvalue weighted by Gasteiger charge is 2.18. The lowest BCUT2D eigenvalue weighted by Crippen LogP contribution is -2.37. The zero-order valence-corrected chi connectivity index (χ0v) is 11.3. The molecule has 0 spiro atoms. The van der Waals surface area contributed by atoms with Gasteiger partial charge in [-0.1, -0.05) is 30.3 Å². The Labute approximate surface area is 109 Å². The Kier molecular flexibility index (Phi) is 5.82. The Hall–Kier alpha value is -1.39. The normalized spacial score (nSPS) is 12.9. The Morgan fingerprint density at radius 2 is 1.94 bits per heavy atom. The third-order valence-electron chi connectivity index (χ3n) is 3.07. The van der Waals surface area contributed by atoms with Crippen LogP contribution in [0.1, 0.15) is 25.5 Å². The number of carbonyl (C=O) groups is 1. The average Bonchev–Trinajstić information content (AvgIpc) is 2.34. The first-order chi connectivity index (χ1) is 8.52. The summed E-state index contributed by atoms with van der Waals surface area (Å²) in [7, 11) is 2.03. The third-order valence-corrected chi connectivity index (χ3v) is 3.07. The van der Waals surface area contributed by atoms with Crippen molar-refractivity contribution in [1.29, 1.82) is 0 Å². The van der Waals surface area contributed by atoms with Gasteiger partial charge in [0.15, 0.2) is 0 Å². The molecule has 1 rings (SSSR count). The number of hydrogen-bond donors (Lipinski definition) is 2. The van der Waals surface area contributed by atoms with Gasteiger partial charge in [-0.25, -0.2) is 0 Å². The number of aliphatic carboxylic acids is 1. The zero-order valence-electron chi connectivity index (χ0n) is 11.3. The summed E-state index contributed by atoms with van der Waals surface area (Å²) < 4.78 is 0. The van der Waals surface area contributed by atoms with Crippen LogP contribution in [-0.4, -0.2) is 42.2 Å². The monoisotopic (exact) mass is 250 g/mol. The summed E-state index contributed by atoms with van der Waals surface area (Å²) in [5.41, 5.74) is 0.789. The standard InChI is InChI=1S/C14H22N2O2/c1-11(2)16(3)10-9-15-13(14(17)18)12-7-5-4-6-8-12/h4-8,11,13,15H,9-10H2,1-3H3,(H,17,18). The second-order valence-electron chi connectivity index (χ2n) is 4.71. The van der Waals surface area contributed by atoms with Crippen molar-refractivity contribution in [3.05, 3.63) is 35.9 Å². The molecule has 2 N–H and O–H groups in total. The number of carboxylic acid groups (broad SMARTS) is 1. The maximum absolute atomic E-state index is 11.2. The molecule has 18 heavy (non-hydrogen) atoms. The van der Waals surface area contributed by atoms with Crippen molar-refractivity contribution in [1.82, 2.24) is 10.2 Å². The highest BCUT2D eigenvalue weighted by atomic mass is 16.4. The van der Waals surface area contributed by atoms with Gasteiger partial charge in [0, 0.05) is 19.1 Å². The minimum atomic E-state index is -0.839. The number of nitrogens with one attached hydrogen (secondary N) is 1. The molecule has 0 amide bonds. The molecule has 0 aromatic heterocycles. The molecule has 1 unspecified atom stereocenters. The lowest BCUT2D eigenvalue weighted by Gasteiger charge is -2.22. The van der Waals surface area contributed by atoms with Crippen molar-refractivity contribution < 1.29 is 9.90 Å². The number of nitrogens with zero attached hydrogens (tertiary/aromatic N) is 1. The first-order valence-electron chi connectivity index (χ1n) is 6.23. The van der Waals surface area contributed by atoms with Crippen LogP contribution in [0, 0.1) is 0 Å². The van der Waals surface area contributed by atoms with Gasteiger partial charge in [-0.15, -0.1) is 0 Å². The fraction of sp³-hybridized carbons (Fsp3) is 0.500. The molecule has 1 atom stereocenters. The maximum Gasteiger partial charge on any atom is 0.325 e. The lowest BCUT2D eigenvalue weighted by molar-refractivity contribution is -0.139. The quantitative estimate of drug-likeness (QED) is 0.774. The summed E-state index contributed by atoms with van der Waals surface area (Å²) in [6, 6.07) is 9.09. The molecule has 0 saturated heterocycles. The Morgan fingerprint density at radius 3 is 2.44 bits per heavy atom. The highest BCUT2D eigenvalue weighted by Crippen LogP contribution is 2.12. The van der Waals surface area contributed by atoms with E-state index in [2.05, 4.69) is 24.1 Å². The number of rotatable bonds is 7. The molecular formula is C14H22N2O2. The Bertz CT molecular complexity index is 365. The maximum atomic E-state index is 11.2. The summed E-state index contributed by atoms with van der Waals surface area (Å²) in [6.07, 6.45) is 0. The first-order valence-corrected chi connectivity index (χ1v) is 6.23. The van der Waals surface area contributed by atoms with Crippen LogP contribution in [0.25, 0.3) is 0 Å². The van der Waals surface area contributed by atoms with Gasteiger partial charge in [0.25, 0.3) is 0 Å². The average molecular weight is 250 g/mol. The van der Waals surface area contributed by atoms with E-state index in [1.807, 2.05) is 37.4 Å². The predicted octanol–water partition coefficient (Wildman–Crippen LogP) is 1.74. The number of benzene rings is 1. The van der Waals surface area contributed by atoms with Crippen LogP contribution in [-0.2, 0) is 4.79 Å². The molecule has 0 bridgehead atoms. The van der Waals surface area contributed by atoms with E-state index < -0.39 is 12.0 Å². The Balaban J connectivity index is 2.53. The molecule has 4 nitrogen and oxygen atoms in total. The topological polar surface area (TPSA) is 52.6 Å². The van der Waals surface area contributed by atoms with E-state index in [0.29, 0.717) is 12.6 Å². The van der Waals surface area contributed by atoms with Crippen LogP contribution in [0.15, 0.2) is 30.3 Å². The minimum absolute atomic E-state index is 0.465. The SMILES string of the molecule is CC(C)N(C)CCNC(C(=O)O)c1ccccc1. The van der Waals surface area contributed by atoms with Crippen LogP contribution in [0.4, 0.5) is 0 Å². The van der Waals surface area contributed by atoms with E-state index in [1.54, 1.807) is 0 Å². The largest absolute Gasteiger partial charge is 0.480 e. The first kappa shape index (κ1) is 14.7. The van der Waals surface area contributed by atoms with Gasteiger partial charge in [-0.05, 0) is 26.5 Å². The van der Waals surface area contributed by atoms with E-state index in [0.717, 1.165) is 12.1 Å². The van der Waals surface area contributed by atoms with Crippen LogP contribution in [0.5, 0.6) is 0 Å². The molecule has 0 aliphatic rings. The molecule has 0 saturated carbocycles. The van der Waals surface area contributed by atoms with E-state index in [-0.39, 0.29) is 0 Å². The minimum Gasteiger partial charge on any atom is -0.480 e. The fourth-order valence-electron chi connectivity index (χ4n) is 1.64. The summed E-state index contributed by atoms with van der Waals surface area (Å²) >= 11 is 0. The van der Waals surface area contributed by atoms with Gasteiger partial charge in [0.1, 0.15) is 6.04 Å². The van der Waals surface area contributed by atoms with Crippen molar-refractivity contribution in [2.45, 2.75) is 25.9 Å². The van der Waals surface area contributed by atoms with Crippen LogP contribution in [0.3, 0.4) is 0 Å². The van der Waals surface area contributed by atoms with E-state index in [4.69, 9.17) is 0 Å². The molecular weight excluding hydrogens is 228 g/mol. The second-order valence-corrected chi connectivity index (χ2v) is 4.71. The summed E-state index contributed by atoms with van der Waals surface area (Å²) in [5.74, 6) is -0.839. The van der Waals surface area contributed by atoms with Gasteiger partial charge in [0.2, 0.25) is 0 Å². The van der Waals surface area contributed by atoms with Crippen LogP contribution in [0.2, 0.25) is 0 Å². The molecule has 0 fully saturated rings. The van der Waals surface area contributed by atoms with E-state index in [1.165, 1.54) is 0 Å². The molecule has 0 aliphatic carbocycles. The smallest absolute Gasteiger partial charge is 0.325 e. The molecule has 100 valence electrons. The predicted molar refractivity (Wildman–Crippen MR) is 72.6 cm³/mol. The van der Waals surface area contributed by atoms with Gasteiger partial charge in [-0.2, -0.15) is 0 Å². The third kappa shape index (κ3) is 4.47. The van der Waals surface area contributed by atoms with Crippen molar-refractivity contribution >= 4 is 5.97 Å². The molecule has 1 aromatic rings.